The number of esters is 1. The number of hydrogen-bond acceptors (Lipinski definition) is 5. The molecule has 0 fully saturated rings. The molecule has 1 aromatic carbocycles. The quantitative estimate of drug-likeness (QED) is 0.583. The molecule has 0 amide bonds. The van der Waals surface area contributed by atoms with Gasteiger partial charge in [-0.25, -0.2) is 4.79 Å². The Bertz CT molecular complexity index is 604. The van der Waals surface area contributed by atoms with Crippen molar-refractivity contribution < 1.29 is 22.7 Å². The lowest BCUT2D eigenvalue weighted by Gasteiger charge is -2.13. The van der Waals surface area contributed by atoms with Crippen LogP contribution >= 0.6 is 0 Å². The SMILES string of the molecule is CC.COC(=O)c1cc(/C(N)=C/C=C(N)N)ccc1C(F)(F)F. The van der Waals surface area contributed by atoms with E-state index in [0.29, 0.717) is 0 Å². The molecule has 0 aliphatic heterocycles. The molecule has 0 aromatic heterocycles. The molecule has 0 bridgehead atoms. The van der Waals surface area contributed by atoms with Crippen LogP contribution in [0.3, 0.4) is 0 Å². The first-order chi connectivity index (χ1) is 10.7. The van der Waals surface area contributed by atoms with E-state index in [2.05, 4.69) is 4.74 Å². The van der Waals surface area contributed by atoms with Crippen molar-refractivity contribution in [2.75, 3.05) is 7.11 Å². The highest BCUT2D eigenvalue weighted by Crippen LogP contribution is 2.33. The number of allylic oxidation sites excluding steroid dienone is 2. The Labute approximate surface area is 132 Å². The summed E-state index contributed by atoms with van der Waals surface area (Å²) >= 11 is 0. The predicted molar refractivity (Wildman–Crippen MR) is 82.8 cm³/mol. The summed E-state index contributed by atoms with van der Waals surface area (Å²) in [6.07, 6.45) is -2.08. The topological polar surface area (TPSA) is 104 Å². The Morgan fingerprint density at radius 2 is 1.70 bits per heavy atom. The number of rotatable bonds is 3. The van der Waals surface area contributed by atoms with E-state index in [1.54, 1.807) is 0 Å². The number of carbonyl (C=O) groups is 1. The van der Waals surface area contributed by atoms with Gasteiger partial charge in [-0.15, -0.1) is 0 Å². The van der Waals surface area contributed by atoms with Crippen LogP contribution < -0.4 is 17.2 Å². The van der Waals surface area contributed by atoms with Gasteiger partial charge < -0.3 is 21.9 Å². The molecule has 0 atom stereocenters. The summed E-state index contributed by atoms with van der Waals surface area (Å²) < 4.78 is 42.9. The van der Waals surface area contributed by atoms with Crippen LogP contribution in [0.4, 0.5) is 13.2 Å². The van der Waals surface area contributed by atoms with Crippen LogP contribution in [0.25, 0.3) is 5.70 Å². The zero-order valence-electron chi connectivity index (χ0n) is 13.1. The van der Waals surface area contributed by atoms with Crippen LogP contribution in [0.15, 0.2) is 36.2 Å². The second-order valence-corrected chi connectivity index (χ2v) is 4.04. The number of carbonyl (C=O) groups excluding carboxylic acids is 1. The third-order valence-electron chi connectivity index (χ3n) is 2.52. The fraction of sp³-hybridized carbons (Fsp3) is 0.267. The van der Waals surface area contributed by atoms with Gasteiger partial charge in [-0.2, -0.15) is 13.2 Å². The number of halogens is 3. The number of methoxy groups -OCH3 is 1. The molecule has 1 rings (SSSR count). The van der Waals surface area contributed by atoms with Gasteiger partial charge in [0, 0.05) is 5.70 Å². The minimum Gasteiger partial charge on any atom is -0.465 e. The van der Waals surface area contributed by atoms with Crippen LogP contribution in [0, 0.1) is 0 Å². The number of hydrogen-bond donors (Lipinski definition) is 3. The maximum absolute atomic E-state index is 12.8. The summed E-state index contributed by atoms with van der Waals surface area (Å²) in [7, 11) is 0.992. The first-order valence-corrected chi connectivity index (χ1v) is 6.65. The molecule has 23 heavy (non-hydrogen) atoms. The molecule has 1 aromatic rings. The summed E-state index contributed by atoms with van der Waals surface area (Å²) in [5.41, 5.74) is 14.7. The van der Waals surface area contributed by atoms with E-state index in [1.165, 1.54) is 12.2 Å². The second kappa shape index (κ2) is 8.72. The van der Waals surface area contributed by atoms with E-state index in [-0.39, 0.29) is 17.1 Å². The molecule has 0 radical (unpaired) electrons. The third kappa shape index (κ3) is 5.93. The third-order valence-corrected chi connectivity index (χ3v) is 2.52. The van der Waals surface area contributed by atoms with Gasteiger partial charge >= 0.3 is 12.1 Å². The van der Waals surface area contributed by atoms with Gasteiger partial charge in [0.2, 0.25) is 0 Å². The molecule has 8 heteroatoms. The summed E-state index contributed by atoms with van der Waals surface area (Å²) in [6, 6.07) is 2.90. The summed E-state index contributed by atoms with van der Waals surface area (Å²) in [5, 5.41) is 0. The smallest absolute Gasteiger partial charge is 0.417 e. The summed E-state index contributed by atoms with van der Waals surface area (Å²) in [6.45, 7) is 4.00. The largest absolute Gasteiger partial charge is 0.465 e. The van der Waals surface area contributed by atoms with Crippen LogP contribution in [0.2, 0.25) is 0 Å². The van der Waals surface area contributed by atoms with Crippen molar-refractivity contribution in [2.24, 2.45) is 17.2 Å². The number of alkyl halides is 3. The van der Waals surface area contributed by atoms with Crippen molar-refractivity contribution in [3.8, 4) is 0 Å². The normalized spacial score (nSPS) is 11.1. The van der Waals surface area contributed by atoms with E-state index in [9.17, 15) is 18.0 Å². The van der Waals surface area contributed by atoms with Crippen LogP contribution in [0.1, 0.15) is 35.3 Å². The van der Waals surface area contributed by atoms with E-state index >= 15 is 0 Å². The van der Waals surface area contributed by atoms with Crippen molar-refractivity contribution in [2.45, 2.75) is 20.0 Å². The van der Waals surface area contributed by atoms with Gasteiger partial charge in [0.1, 0.15) is 0 Å². The number of ether oxygens (including phenoxy) is 1. The Hall–Kier alpha value is -2.64. The molecule has 0 unspecified atom stereocenters. The zero-order chi connectivity index (χ0) is 18.2. The number of nitrogens with two attached hydrogens (primary N) is 3. The van der Waals surface area contributed by atoms with Crippen molar-refractivity contribution in [1.29, 1.82) is 0 Å². The van der Waals surface area contributed by atoms with Gasteiger partial charge in [0.05, 0.1) is 24.1 Å². The molecule has 5 nitrogen and oxygen atoms in total. The highest BCUT2D eigenvalue weighted by atomic mass is 19.4. The summed E-state index contributed by atoms with van der Waals surface area (Å²) in [4.78, 5) is 11.5. The fourth-order valence-corrected chi connectivity index (χ4v) is 1.53. The monoisotopic (exact) mass is 331 g/mol. The van der Waals surface area contributed by atoms with Crippen LogP contribution in [0.5, 0.6) is 0 Å². The van der Waals surface area contributed by atoms with Gasteiger partial charge in [-0.05, 0) is 29.8 Å². The Kier molecular flexibility index (Phi) is 7.72. The molecule has 128 valence electrons. The van der Waals surface area contributed by atoms with Crippen molar-refractivity contribution in [3.05, 3.63) is 52.9 Å². The highest BCUT2D eigenvalue weighted by molar-refractivity contribution is 5.92. The molecule has 0 spiro atoms. The molecule has 0 heterocycles. The van der Waals surface area contributed by atoms with Crippen LogP contribution in [-0.4, -0.2) is 13.1 Å². The van der Waals surface area contributed by atoms with Gasteiger partial charge in [-0.3, -0.25) is 0 Å². The number of benzene rings is 1. The Morgan fingerprint density at radius 1 is 1.13 bits per heavy atom. The Balaban J connectivity index is 0.00000232. The highest BCUT2D eigenvalue weighted by Gasteiger charge is 2.35. The molecule has 0 aliphatic rings. The summed E-state index contributed by atoms with van der Waals surface area (Å²) in [5.74, 6) is -1.12. The van der Waals surface area contributed by atoms with Gasteiger partial charge in [-0.1, -0.05) is 19.9 Å². The van der Waals surface area contributed by atoms with Gasteiger partial charge in [0.15, 0.2) is 0 Å². The zero-order valence-corrected chi connectivity index (χ0v) is 13.1. The van der Waals surface area contributed by atoms with Crippen molar-refractivity contribution in [1.82, 2.24) is 0 Å². The van der Waals surface area contributed by atoms with Crippen LogP contribution in [-0.2, 0) is 10.9 Å². The first kappa shape index (κ1) is 20.4. The molecule has 0 saturated heterocycles. The van der Waals surface area contributed by atoms with E-state index < -0.39 is 23.3 Å². The maximum atomic E-state index is 12.8. The Morgan fingerprint density at radius 3 is 2.13 bits per heavy atom. The van der Waals surface area contributed by atoms with E-state index in [0.717, 1.165) is 25.3 Å². The lowest BCUT2D eigenvalue weighted by molar-refractivity contribution is -0.138. The molecule has 0 saturated carbocycles. The van der Waals surface area contributed by atoms with E-state index in [4.69, 9.17) is 17.2 Å². The van der Waals surface area contributed by atoms with Crippen molar-refractivity contribution in [3.63, 3.8) is 0 Å². The van der Waals surface area contributed by atoms with E-state index in [1.807, 2.05) is 13.8 Å². The fourth-order valence-electron chi connectivity index (χ4n) is 1.53. The second-order valence-electron chi connectivity index (χ2n) is 4.04. The lowest BCUT2D eigenvalue weighted by atomic mass is 10.0. The average Bonchev–Trinajstić information content (AvgIpc) is 2.52. The lowest BCUT2D eigenvalue weighted by Crippen LogP contribution is -2.15. The predicted octanol–water partition coefficient (Wildman–Crippen LogP) is 2.58. The average molecular weight is 331 g/mol. The molecular formula is C15H20F3N3O2. The molecular weight excluding hydrogens is 311 g/mol. The minimum atomic E-state index is -4.68. The van der Waals surface area contributed by atoms with Crippen molar-refractivity contribution >= 4 is 11.7 Å². The molecule has 6 N–H and O–H groups in total. The molecule has 0 aliphatic carbocycles. The maximum Gasteiger partial charge on any atom is 0.417 e. The van der Waals surface area contributed by atoms with Gasteiger partial charge in [0.25, 0.3) is 0 Å². The minimum absolute atomic E-state index is 0.0157. The first-order valence-electron chi connectivity index (χ1n) is 6.65. The standard InChI is InChI=1S/C13H14F3N3O2.C2H6/c1-21-12(20)8-6-7(10(17)4-5-11(18)19)2-3-9(8)13(14,15)16;1-2/h2-6H,17-19H2,1H3;1-2H3/b10-4-;.